The van der Waals surface area contributed by atoms with Crippen molar-refractivity contribution < 1.29 is 4.79 Å². The van der Waals surface area contributed by atoms with Crippen molar-refractivity contribution in [3.05, 3.63) is 58.1 Å². The van der Waals surface area contributed by atoms with Crippen molar-refractivity contribution in [1.82, 2.24) is 4.98 Å². The van der Waals surface area contributed by atoms with Gasteiger partial charge in [-0.2, -0.15) is 0 Å². The summed E-state index contributed by atoms with van der Waals surface area (Å²) < 4.78 is 0. The fourth-order valence-electron chi connectivity index (χ4n) is 2.60. The van der Waals surface area contributed by atoms with E-state index in [9.17, 15) is 4.79 Å². The van der Waals surface area contributed by atoms with Gasteiger partial charge in [-0.05, 0) is 43.2 Å². The van der Waals surface area contributed by atoms with Crippen molar-refractivity contribution in [3.8, 4) is 11.3 Å². The zero-order valence-corrected chi connectivity index (χ0v) is 12.1. The molecule has 0 amide bonds. The lowest BCUT2D eigenvalue weighted by Gasteiger charge is -2.01. The Morgan fingerprint density at radius 2 is 1.95 bits per heavy atom. The number of H-pyrrole nitrogens is 1. The SMILES string of the molecule is Cc1cccc(-c2[nH]c3c(C)cc(Cl)cc3c2C=O)c1. The van der Waals surface area contributed by atoms with E-state index in [1.807, 2.05) is 44.2 Å². The maximum absolute atomic E-state index is 11.5. The molecule has 2 aromatic carbocycles. The first-order chi connectivity index (χ1) is 9.60. The summed E-state index contributed by atoms with van der Waals surface area (Å²) in [6.07, 6.45) is 0.895. The summed E-state index contributed by atoms with van der Waals surface area (Å²) in [5.74, 6) is 0. The van der Waals surface area contributed by atoms with E-state index in [0.29, 0.717) is 10.6 Å². The number of aryl methyl sites for hydroxylation is 2. The van der Waals surface area contributed by atoms with Crippen LogP contribution in [0, 0.1) is 13.8 Å². The molecular formula is C17H14ClNO. The molecular weight excluding hydrogens is 270 g/mol. The smallest absolute Gasteiger partial charge is 0.152 e. The maximum Gasteiger partial charge on any atom is 0.152 e. The Morgan fingerprint density at radius 1 is 1.15 bits per heavy atom. The van der Waals surface area contributed by atoms with Gasteiger partial charge in [0.25, 0.3) is 0 Å². The molecule has 0 aliphatic rings. The number of aromatic nitrogens is 1. The fraction of sp³-hybridized carbons (Fsp3) is 0.118. The molecule has 2 nitrogen and oxygen atoms in total. The van der Waals surface area contributed by atoms with Gasteiger partial charge in [-0.3, -0.25) is 4.79 Å². The maximum atomic E-state index is 11.5. The highest BCUT2D eigenvalue weighted by atomic mass is 35.5. The molecule has 0 saturated heterocycles. The third-order valence-electron chi connectivity index (χ3n) is 3.53. The van der Waals surface area contributed by atoms with Gasteiger partial charge in [0.15, 0.2) is 6.29 Å². The van der Waals surface area contributed by atoms with E-state index in [-0.39, 0.29) is 0 Å². The first-order valence-electron chi connectivity index (χ1n) is 6.44. The molecule has 100 valence electrons. The van der Waals surface area contributed by atoms with Gasteiger partial charge in [-0.1, -0.05) is 35.4 Å². The Hall–Kier alpha value is -2.06. The lowest BCUT2D eigenvalue weighted by Crippen LogP contribution is -1.85. The van der Waals surface area contributed by atoms with Crippen LogP contribution in [0.1, 0.15) is 21.5 Å². The number of carbonyl (C=O) groups is 1. The number of fused-ring (bicyclic) bond motifs is 1. The average Bonchev–Trinajstić information content (AvgIpc) is 2.77. The van der Waals surface area contributed by atoms with E-state index >= 15 is 0 Å². The van der Waals surface area contributed by atoms with Gasteiger partial charge in [-0.15, -0.1) is 0 Å². The minimum absolute atomic E-state index is 0.646. The number of nitrogens with one attached hydrogen (secondary N) is 1. The standard InChI is InChI=1S/C17H14ClNO/c1-10-4-3-5-12(6-10)17-15(9-20)14-8-13(18)7-11(2)16(14)19-17/h3-9,19H,1-2H3. The van der Waals surface area contributed by atoms with E-state index in [2.05, 4.69) is 11.1 Å². The number of hydrogen-bond donors (Lipinski definition) is 1. The van der Waals surface area contributed by atoms with Gasteiger partial charge in [0, 0.05) is 21.5 Å². The molecule has 1 aromatic heterocycles. The fourth-order valence-corrected chi connectivity index (χ4v) is 2.87. The van der Waals surface area contributed by atoms with Gasteiger partial charge < -0.3 is 4.98 Å². The van der Waals surface area contributed by atoms with Gasteiger partial charge in [0.2, 0.25) is 0 Å². The summed E-state index contributed by atoms with van der Waals surface area (Å²) in [5.41, 5.74) is 5.69. The van der Waals surface area contributed by atoms with Crippen LogP contribution in [0.25, 0.3) is 22.2 Å². The number of benzene rings is 2. The molecule has 0 atom stereocenters. The third-order valence-corrected chi connectivity index (χ3v) is 3.75. The number of rotatable bonds is 2. The van der Waals surface area contributed by atoms with Crippen LogP contribution in [-0.4, -0.2) is 11.3 Å². The summed E-state index contributed by atoms with van der Waals surface area (Å²) in [7, 11) is 0. The molecule has 0 unspecified atom stereocenters. The monoisotopic (exact) mass is 283 g/mol. The second kappa shape index (κ2) is 4.80. The molecule has 0 aliphatic carbocycles. The topological polar surface area (TPSA) is 32.9 Å². The second-order valence-electron chi connectivity index (χ2n) is 5.05. The summed E-state index contributed by atoms with van der Waals surface area (Å²) in [6.45, 7) is 4.02. The average molecular weight is 284 g/mol. The predicted molar refractivity (Wildman–Crippen MR) is 83.6 cm³/mol. The Kier molecular flexibility index (Phi) is 3.11. The summed E-state index contributed by atoms with van der Waals surface area (Å²) >= 11 is 6.10. The van der Waals surface area contributed by atoms with E-state index in [1.54, 1.807) is 0 Å². The van der Waals surface area contributed by atoms with Gasteiger partial charge in [0.05, 0.1) is 5.69 Å². The van der Waals surface area contributed by atoms with E-state index in [1.165, 1.54) is 0 Å². The largest absolute Gasteiger partial charge is 0.354 e. The molecule has 3 rings (SSSR count). The molecule has 1 heterocycles. The molecule has 3 heteroatoms. The van der Waals surface area contributed by atoms with Crippen LogP contribution in [-0.2, 0) is 0 Å². The minimum atomic E-state index is 0.646. The molecule has 0 fully saturated rings. The van der Waals surface area contributed by atoms with Crippen LogP contribution < -0.4 is 0 Å². The van der Waals surface area contributed by atoms with Crippen molar-refractivity contribution in [2.45, 2.75) is 13.8 Å². The van der Waals surface area contributed by atoms with Crippen molar-refractivity contribution in [3.63, 3.8) is 0 Å². The normalized spacial score (nSPS) is 10.9. The Balaban J connectivity index is 2.37. The Labute approximate surface area is 122 Å². The van der Waals surface area contributed by atoms with E-state index in [0.717, 1.165) is 39.6 Å². The van der Waals surface area contributed by atoms with Crippen molar-refractivity contribution in [1.29, 1.82) is 0 Å². The highest BCUT2D eigenvalue weighted by molar-refractivity contribution is 6.31. The van der Waals surface area contributed by atoms with Crippen LogP contribution >= 0.6 is 11.6 Å². The Morgan fingerprint density at radius 3 is 2.65 bits per heavy atom. The predicted octanol–water partition coefficient (Wildman–Crippen LogP) is 4.92. The number of aromatic amines is 1. The molecule has 0 saturated carbocycles. The third kappa shape index (κ3) is 2.02. The van der Waals surface area contributed by atoms with Crippen LogP contribution in [0.2, 0.25) is 5.02 Å². The zero-order valence-electron chi connectivity index (χ0n) is 11.3. The summed E-state index contributed by atoms with van der Waals surface area (Å²) in [4.78, 5) is 14.9. The van der Waals surface area contributed by atoms with Crippen LogP contribution in [0.3, 0.4) is 0 Å². The zero-order chi connectivity index (χ0) is 14.3. The first-order valence-corrected chi connectivity index (χ1v) is 6.82. The summed E-state index contributed by atoms with van der Waals surface area (Å²) in [6, 6.07) is 11.8. The van der Waals surface area contributed by atoms with E-state index in [4.69, 9.17) is 11.6 Å². The quantitative estimate of drug-likeness (QED) is 0.666. The molecule has 0 spiro atoms. The minimum Gasteiger partial charge on any atom is -0.354 e. The molecule has 0 bridgehead atoms. The Bertz CT molecular complexity index is 817. The van der Waals surface area contributed by atoms with Crippen LogP contribution in [0.15, 0.2) is 36.4 Å². The molecule has 3 aromatic rings. The van der Waals surface area contributed by atoms with Crippen molar-refractivity contribution in [2.75, 3.05) is 0 Å². The molecule has 0 aliphatic heterocycles. The lowest BCUT2D eigenvalue weighted by atomic mass is 10.0. The van der Waals surface area contributed by atoms with Crippen molar-refractivity contribution >= 4 is 28.8 Å². The first kappa shape index (κ1) is 12.9. The number of carbonyl (C=O) groups excluding carboxylic acids is 1. The highest BCUT2D eigenvalue weighted by Crippen LogP contribution is 2.33. The lowest BCUT2D eigenvalue weighted by molar-refractivity contribution is 0.112. The second-order valence-corrected chi connectivity index (χ2v) is 5.48. The van der Waals surface area contributed by atoms with Crippen molar-refractivity contribution in [2.24, 2.45) is 0 Å². The highest BCUT2D eigenvalue weighted by Gasteiger charge is 2.14. The molecule has 1 N–H and O–H groups in total. The van der Waals surface area contributed by atoms with E-state index < -0.39 is 0 Å². The van der Waals surface area contributed by atoms with Gasteiger partial charge in [-0.25, -0.2) is 0 Å². The van der Waals surface area contributed by atoms with Gasteiger partial charge in [0.1, 0.15) is 0 Å². The number of aldehydes is 1. The molecule has 0 radical (unpaired) electrons. The molecule has 20 heavy (non-hydrogen) atoms. The van der Waals surface area contributed by atoms with Crippen LogP contribution in [0.4, 0.5) is 0 Å². The number of halogens is 1. The summed E-state index contributed by atoms with van der Waals surface area (Å²) in [5, 5.41) is 1.52. The van der Waals surface area contributed by atoms with Gasteiger partial charge >= 0.3 is 0 Å². The number of hydrogen-bond acceptors (Lipinski definition) is 1. The van der Waals surface area contributed by atoms with Crippen LogP contribution in [0.5, 0.6) is 0 Å².